The van der Waals surface area contributed by atoms with Gasteiger partial charge in [-0.15, -0.1) is 0 Å². The van der Waals surface area contributed by atoms with Crippen LogP contribution >= 0.6 is 0 Å². The molecule has 3 heterocycles. The number of nitrogens with one attached hydrogen (secondary N) is 2. The number of hydrogen-bond acceptors (Lipinski definition) is 7. The molecule has 1 saturated heterocycles. The highest BCUT2D eigenvalue weighted by molar-refractivity contribution is 7.90. The van der Waals surface area contributed by atoms with E-state index in [1.807, 2.05) is 24.3 Å². The lowest BCUT2D eigenvalue weighted by molar-refractivity contribution is -0.141. The largest absolute Gasteiger partial charge is 0.372 e. The van der Waals surface area contributed by atoms with Crippen molar-refractivity contribution in [2.75, 3.05) is 44.0 Å². The summed E-state index contributed by atoms with van der Waals surface area (Å²) in [7, 11) is 0.492. The Morgan fingerprint density at radius 3 is 2.36 bits per heavy atom. The summed E-state index contributed by atoms with van der Waals surface area (Å²) in [5.41, 5.74) is 1.60. The molecule has 1 aliphatic rings. The molecule has 2 aromatic heterocycles. The van der Waals surface area contributed by atoms with E-state index in [1.54, 1.807) is 40.3 Å². The average Bonchev–Trinajstić information content (AvgIpc) is 3.46. The minimum Gasteiger partial charge on any atom is -0.372 e. The number of methoxy groups -OCH3 is 2. The van der Waals surface area contributed by atoms with E-state index in [4.69, 9.17) is 9.47 Å². The molecule has 0 unspecified atom stereocenters. The second-order valence-electron chi connectivity index (χ2n) is 11.4. The molecular weight excluding hydrogens is 604 g/mol. The smallest absolute Gasteiger partial charge is 0.301 e. The molecule has 1 fully saturated rings. The van der Waals surface area contributed by atoms with Gasteiger partial charge in [-0.3, -0.25) is 9.52 Å². The second kappa shape index (κ2) is 13.2. The number of carbonyl (C=O) groups is 1. The van der Waals surface area contributed by atoms with Gasteiger partial charge in [0.2, 0.25) is 5.78 Å². The van der Waals surface area contributed by atoms with E-state index in [1.165, 1.54) is 13.2 Å². The van der Waals surface area contributed by atoms with Crippen LogP contribution < -0.4 is 9.62 Å². The minimum absolute atomic E-state index is 0.00127. The number of nitrogens with zero attached hydrogens (tertiary/aromatic N) is 3. The van der Waals surface area contributed by atoms with Crippen molar-refractivity contribution in [1.29, 1.82) is 0 Å². The van der Waals surface area contributed by atoms with Crippen LogP contribution in [0.3, 0.4) is 0 Å². The highest BCUT2D eigenvalue weighted by atomic mass is 32.2. The predicted octanol–water partition coefficient (Wildman–Crippen LogP) is 5.57. The van der Waals surface area contributed by atoms with Crippen molar-refractivity contribution in [2.45, 2.75) is 39.0 Å². The molecule has 13 heteroatoms. The fourth-order valence-electron chi connectivity index (χ4n) is 5.59. The van der Waals surface area contributed by atoms with Crippen molar-refractivity contribution in [2.24, 2.45) is 5.92 Å². The van der Waals surface area contributed by atoms with E-state index >= 15 is 4.39 Å². The third kappa shape index (κ3) is 6.57. The number of halogens is 2. The molecule has 1 aliphatic heterocycles. The van der Waals surface area contributed by atoms with Crippen LogP contribution in [0.2, 0.25) is 0 Å². The molecule has 0 saturated carbocycles. The number of ketones is 1. The van der Waals surface area contributed by atoms with E-state index in [0.717, 1.165) is 53.6 Å². The van der Waals surface area contributed by atoms with Crippen molar-refractivity contribution in [3.8, 4) is 11.1 Å². The molecule has 4 aromatic rings. The molecule has 0 amide bonds. The summed E-state index contributed by atoms with van der Waals surface area (Å²) in [6.07, 6.45) is 4.69. The van der Waals surface area contributed by atoms with Crippen molar-refractivity contribution in [1.82, 2.24) is 14.3 Å². The Bertz CT molecular complexity index is 1780. The van der Waals surface area contributed by atoms with Gasteiger partial charge in [-0.25, -0.2) is 13.8 Å². The first-order chi connectivity index (χ1) is 21.4. The van der Waals surface area contributed by atoms with E-state index in [9.17, 15) is 17.6 Å². The van der Waals surface area contributed by atoms with Gasteiger partial charge in [0.25, 0.3) is 0 Å². The number of rotatable bonds is 11. The molecule has 0 radical (unpaired) electrons. The van der Waals surface area contributed by atoms with Gasteiger partial charge in [-0.2, -0.15) is 12.7 Å². The monoisotopic (exact) mass is 641 g/mol. The first-order valence-corrected chi connectivity index (χ1v) is 16.1. The molecule has 2 N–H and O–H groups in total. The molecule has 2 aromatic carbocycles. The zero-order chi connectivity index (χ0) is 32.5. The summed E-state index contributed by atoms with van der Waals surface area (Å²) in [5, 5.41) is 0.374. The van der Waals surface area contributed by atoms with Crippen LogP contribution in [0.4, 0.5) is 20.2 Å². The molecule has 45 heavy (non-hydrogen) atoms. The Balaban J connectivity index is 1.39. The minimum atomic E-state index is -4.15. The number of benzene rings is 2. The van der Waals surface area contributed by atoms with Gasteiger partial charge in [-0.05, 0) is 62.6 Å². The Morgan fingerprint density at radius 1 is 1.07 bits per heavy atom. The van der Waals surface area contributed by atoms with Crippen molar-refractivity contribution >= 4 is 38.4 Å². The molecule has 0 atom stereocenters. The number of anilines is 2. The van der Waals surface area contributed by atoms with Crippen molar-refractivity contribution < 1.29 is 31.5 Å². The lowest BCUT2D eigenvalue weighted by Crippen LogP contribution is -2.39. The molecule has 240 valence electrons. The summed E-state index contributed by atoms with van der Waals surface area (Å²) < 4.78 is 69.8. The normalized spacial score (nSPS) is 14.7. The maximum Gasteiger partial charge on any atom is 0.301 e. The van der Waals surface area contributed by atoms with Crippen LogP contribution in [0.5, 0.6) is 0 Å². The highest BCUT2D eigenvalue weighted by Gasteiger charge is 2.29. The van der Waals surface area contributed by atoms with Crippen molar-refractivity contribution in [3.05, 3.63) is 77.6 Å². The molecule has 5 rings (SSSR count). The predicted molar refractivity (Wildman–Crippen MR) is 170 cm³/mol. The maximum atomic E-state index is 15.6. The summed E-state index contributed by atoms with van der Waals surface area (Å²) in [6.45, 7) is 5.04. The molecule has 0 bridgehead atoms. The average molecular weight is 642 g/mol. The number of carbonyl (C=O) groups excluding carboxylic acids is 1. The number of piperidine rings is 1. The number of aromatic nitrogens is 2. The molecule has 10 nitrogen and oxygen atoms in total. The number of ether oxygens (including phenoxy) is 2. The van der Waals surface area contributed by atoms with Crippen LogP contribution in [0.1, 0.15) is 42.6 Å². The van der Waals surface area contributed by atoms with Crippen molar-refractivity contribution in [3.63, 3.8) is 0 Å². The highest BCUT2D eigenvalue weighted by Crippen LogP contribution is 2.32. The van der Waals surface area contributed by atoms with Crippen LogP contribution in [-0.2, 0) is 19.7 Å². The molecule has 0 spiro atoms. The quantitative estimate of drug-likeness (QED) is 0.162. The SMILES string of the molecule is COC(OC)C1CCN(c2ccc(-c3cnc4[nH]cc(C(=O)c5c(F)ccc(NS(=O)(=O)N(C)C(C)C)c5F)c4c3)cc2)CC1. The summed E-state index contributed by atoms with van der Waals surface area (Å²) in [4.78, 5) is 23.2. The van der Waals surface area contributed by atoms with E-state index in [0.29, 0.717) is 22.5 Å². The fourth-order valence-corrected chi connectivity index (χ4v) is 6.72. The second-order valence-corrected chi connectivity index (χ2v) is 13.1. The fraction of sp³-hybridized carbons (Fsp3) is 0.375. The first kappa shape index (κ1) is 32.5. The Morgan fingerprint density at radius 2 is 1.73 bits per heavy atom. The van der Waals surface area contributed by atoms with E-state index in [-0.39, 0.29) is 11.9 Å². The van der Waals surface area contributed by atoms with Gasteiger partial charge in [-0.1, -0.05) is 12.1 Å². The van der Waals surface area contributed by atoms with Crippen LogP contribution in [0, 0.1) is 17.6 Å². The first-order valence-electron chi connectivity index (χ1n) is 14.6. The summed E-state index contributed by atoms with van der Waals surface area (Å²) in [6, 6.07) is 11.1. The number of H-pyrrole nitrogens is 1. The van der Waals surface area contributed by atoms with Crippen LogP contribution in [0.15, 0.2) is 54.9 Å². The lowest BCUT2D eigenvalue weighted by Gasteiger charge is -2.36. The summed E-state index contributed by atoms with van der Waals surface area (Å²) in [5.74, 6) is -3.03. The topological polar surface area (TPSA) is 117 Å². The Hall–Kier alpha value is -3.91. The maximum absolute atomic E-state index is 15.6. The third-order valence-corrected chi connectivity index (χ3v) is 10.1. The Kier molecular flexibility index (Phi) is 9.54. The standard InChI is InChI=1S/C32H37F2N5O5S/c1-19(2)38(3)45(41,42)37-27-11-10-26(33)28(29(27)34)30(40)25-18-36-31-24(25)16-22(17-35-31)20-6-8-23(9-7-20)39-14-12-21(13-15-39)32(43-4)44-5/h6-11,16-19,21,32,37H,12-15H2,1-5H3,(H,35,36). The van der Waals surface area contributed by atoms with Gasteiger partial charge in [0.15, 0.2) is 12.1 Å². The number of fused-ring (bicyclic) bond motifs is 1. The lowest BCUT2D eigenvalue weighted by atomic mass is 9.95. The van der Waals surface area contributed by atoms with Gasteiger partial charge >= 0.3 is 10.2 Å². The third-order valence-electron chi connectivity index (χ3n) is 8.39. The molecule has 0 aliphatic carbocycles. The summed E-state index contributed by atoms with van der Waals surface area (Å²) >= 11 is 0. The number of aromatic amines is 1. The number of hydrogen-bond donors (Lipinski definition) is 2. The van der Waals surface area contributed by atoms with Gasteiger partial charge in [0.05, 0.1) is 11.3 Å². The zero-order valence-electron chi connectivity index (χ0n) is 25.8. The van der Waals surface area contributed by atoms with Gasteiger partial charge in [0.1, 0.15) is 11.5 Å². The van der Waals surface area contributed by atoms with Gasteiger partial charge in [0, 0.05) is 80.9 Å². The van der Waals surface area contributed by atoms with E-state index < -0.39 is 44.9 Å². The zero-order valence-corrected chi connectivity index (χ0v) is 26.6. The molecular formula is C32H37F2N5O5S. The number of pyridine rings is 1. The van der Waals surface area contributed by atoms with Crippen LogP contribution in [-0.4, -0.2) is 75.2 Å². The van der Waals surface area contributed by atoms with Crippen LogP contribution in [0.25, 0.3) is 22.2 Å². The van der Waals surface area contributed by atoms with Gasteiger partial charge < -0.3 is 19.4 Å². The van der Waals surface area contributed by atoms with E-state index in [2.05, 4.69) is 19.6 Å². The Labute approximate surface area is 261 Å².